The van der Waals surface area contributed by atoms with Crippen LogP contribution < -0.4 is 5.32 Å². The van der Waals surface area contributed by atoms with Crippen LogP contribution in [-0.4, -0.2) is 13.1 Å². The van der Waals surface area contributed by atoms with E-state index in [4.69, 9.17) is 0 Å². The maximum atomic E-state index is 3.56. The van der Waals surface area contributed by atoms with E-state index < -0.39 is 0 Å². The molecule has 0 aromatic carbocycles. The topological polar surface area (TPSA) is 12.0 Å². The van der Waals surface area contributed by atoms with Crippen molar-refractivity contribution in [2.75, 3.05) is 7.05 Å². The highest BCUT2D eigenvalue weighted by atomic mass is 35.5. The minimum Gasteiger partial charge on any atom is -0.316 e. The molecule has 1 N–H and O–H groups in total. The van der Waals surface area contributed by atoms with Gasteiger partial charge in [0.15, 0.2) is 0 Å². The summed E-state index contributed by atoms with van der Waals surface area (Å²) < 4.78 is 0. The third-order valence-corrected chi connectivity index (χ3v) is 4.69. The van der Waals surface area contributed by atoms with E-state index >= 15 is 0 Å². The van der Waals surface area contributed by atoms with E-state index in [0.717, 1.165) is 29.7 Å². The monoisotopic (exact) mass is 201 g/mol. The average molecular weight is 202 g/mol. The summed E-state index contributed by atoms with van der Waals surface area (Å²) in [6.45, 7) is 0. The fourth-order valence-corrected chi connectivity index (χ4v) is 4.34. The van der Waals surface area contributed by atoms with Crippen molar-refractivity contribution < 1.29 is 0 Å². The Labute approximate surface area is 87.1 Å². The third-order valence-electron chi connectivity index (χ3n) is 4.69. The fourth-order valence-electron chi connectivity index (χ4n) is 4.34. The quantitative estimate of drug-likeness (QED) is 0.688. The zero-order valence-electron chi connectivity index (χ0n) is 8.33. The predicted octanol–water partition coefficient (Wildman–Crippen LogP) is 2.45. The summed E-state index contributed by atoms with van der Waals surface area (Å²) in [5.41, 5.74) is 0. The van der Waals surface area contributed by atoms with E-state index in [2.05, 4.69) is 12.4 Å². The average Bonchev–Trinajstić information content (AvgIpc) is 2.28. The van der Waals surface area contributed by atoms with E-state index in [0.29, 0.717) is 0 Å². The first-order valence-electron chi connectivity index (χ1n) is 5.55. The number of rotatable bonds is 1. The lowest BCUT2D eigenvalue weighted by atomic mass is 9.68. The molecule has 0 amide bonds. The normalized spacial score (nSPS) is 51.9. The van der Waals surface area contributed by atoms with Crippen molar-refractivity contribution in [2.45, 2.75) is 38.1 Å². The molecule has 3 rings (SSSR count). The zero-order chi connectivity index (χ0) is 8.13. The molecule has 3 aliphatic carbocycles. The molecule has 3 saturated carbocycles. The number of hydrogen-bond donors (Lipinski definition) is 1. The first-order valence-corrected chi connectivity index (χ1v) is 5.55. The molecule has 76 valence electrons. The Morgan fingerprint density at radius 1 is 1.00 bits per heavy atom. The minimum atomic E-state index is 0. The fraction of sp³-hybridized carbons (Fsp3) is 1.00. The number of fused-ring (bicyclic) bond motifs is 2. The molecule has 3 aliphatic rings. The highest BCUT2D eigenvalue weighted by Gasteiger charge is 2.49. The van der Waals surface area contributed by atoms with Gasteiger partial charge in [0.2, 0.25) is 0 Å². The molecule has 5 atom stereocenters. The van der Waals surface area contributed by atoms with Gasteiger partial charge in [0.1, 0.15) is 0 Å². The Morgan fingerprint density at radius 3 is 2.46 bits per heavy atom. The molecule has 0 aliphatic heterocycles. The SMILES string of the molecule is CNC1C2CCC3CC(C2)CC31.Cl. The van der Waals surface area contributed by atoms with Gasteiger partial charge < -0.3 is 5.32 Å². The zero-order valence-corrected chi connectivity index (χ0v) is 9.15. The molecular weight excluding hydrogens is 182 g/mol. The Bertz CT molecular complexity index is 195. The molecule has 0 spiro atoms. The molecule has 3 bridgehead atoms. The maximum Gasteiger partial charge on any atom is 0.0123 e. The molecule has 0 heterocycles. The number of halogens is 1. The van der Waals surface area contributed by atoms with Crippen LogP contribution in [-0.2, 0) is 0 Å². The number of nitrogens with one attached hydrogen (secondary N) is 1. The van der Waals surface area contributed by atoms with Crippen molar-refractivity contribution in [3.63, 3.8) is 0 Å². The van der Waals surface area contributed by atoms with Gasteiger partial charge >= 0.3 is 0 Å². The van der Waals surface area contributed by atoms with Crippen molar-refractivity contribution in [1.29, 1.82) is 0 Å². The van der Waals surface area contributed by atoms with E-state index in [1.807, 2.05) is 0 Å². The molecule has 5 unspecified atom stereocenters. The van der Waals surface area contributed by atoms with Crippen molar-refractivity contribution in [3.8, 4) is 0 Å². The van der Waals surface area contributed by atoms with Crippen LogP contribution >= 0.6 is 12.4 Å². The van der Waals surface area contributed by atoms with Gasteiger partial charge in [-0.2, -0.15) is 0 Å². The lowest BCUT2D eigenvalue weighted by molar-refractivity contribution is 0.119. The van der Waals surface area contributed by atoms with Crippen LogP contribution in [0.5, 0.6) is 0 Å². The summed E-state index contributed by atoms with van der Waals surface area (Å²) in [6, 6.07) is 0.891. The largest absolute Gasteiger partial charge is 0.316 e. The van der Waals surface area contributed by atoms with Crippen LogP contribution in [0.3, 0.4) is 0 Å². The molecule has 0 aromatic rings. The first kappa shape index (κ1) is 9.79. The second kappa shape index (κ2) is 3.43. The van der Waals surface area contributed by atoms with Crippen LogP contribution in [0.25, 0.3) is 0 Å². The molecule has 1 nitrogen and oxygen atoms in total. The Balaban J connectivity index is 0.000000653. The van der Waals surface area contributed by atoms with Crippen molar-refractivity contribution in [2.24, 2.45) is 23.7 Å². The molecule has 13 heavy (non-hydrogen) atoms. The van der Waals surface area contributed by atoms with Gasteiger partial charge in [-0.15, -0.1) is 12.4 Å². The Morgan fingerprint density at radius 2 is 1.69 bits per heavy atom. The first-order chi connectivity index (χ1) is 5.88. The minimum absolute atomic E-state index is 0. The highest BCUT2D eigenvalue weighted by molar-refractivity contribution is 5.85. The second-order valence-corrected chi connectivity index (χ2v) is 5.15. The van der Waals surface area contributed by atoms with E-state index in [-0.39, 0.29) is 12.4 Å². The highest BCUT2D eigenvalue weighted by Crippen LogP contribution is 2.54. The van der Waals surface area contributed by atoms with Crippen molar-refractivity contribution >= 4 is 12.4 Å². The predicted molar refractivity (Wildman–Crippen MR) is 57.1 cm³/mol. The summed E-state index contributed by atoms with van der Waals surface area (Å²) in [6.07, 6.45) is 7.72. The molecular formula is C11H20ClN. The lowest BCUT2D eigenvalue weighted by Gasteiger charge is -2.42. The maximum absolute atomic E-state index is 3.56. The Hall–Kier alpha value is 0.250. The van der Waals surface area contributed by atoms with Crippen molar-refractivity contribution in [3.05, 3.63) is 0 Å². The third kappa shape index (κ3) is 1.32. The summed E-state index contributed by atoms with van der Waals surface area (Å²) >= 11 is 0. The molecule has 2 heteroatoms. The van der Waals surface area contributed by atoms with Gasteiger partial charge in [-0.1, -0.05) is 0 Å². The second-order valence-electron chi connectivity index (χ2n) is 5.15. The van der Waals surface area contributed by atoms with Gasteiger partial charge in [0, 0.05) is 6.04 Å². The van der Waals surface area contributed by atoms with E-state index in [1.165, 1.54) is 6.42 Å². The van der Waals surface area contributed by atoms with Crippen LogP contribution in [0, 0.1) is 23.7 Å². The standard InChI is InChI=1S/C11H19N.ClH/c1-12-11-9-3-2-8-4-7(5-9)6-10(8)11;/h7-12H,2-6H2,1H3;1H. The van der Waals surface area contributed by atoms with E-state index in [9.17, 15) is 0 Å². The Kier molecular flexibility index (Phi) is 2.59. The molecule has 3 fully saturated rings. The lowest BCUT2D eigenvalue weighted by Crippen LogP contribution is -2.46. The van der Waals surface area contributed by atoms with Gasteiger partial charge in [0.25, 0.3) is 0 Å². The van der Waals surface area contributed by atoms with Crippen LogP contribution in [0.4, 0.5) is 0 Å². The molecule has 0 aromatic heterocycles. The smallest absolute Gasteiger partial charge is 0.0123 e. The van der Waals surface area contributed by atoms with Gasteiger partial charge in [-0.3, -0.25) is 0 Å². The summed E-state index contributed by atoms with van der Waals surface area (Å²) in [5.74, 6) is 4.33. The summed E-state index contributed by atoms with van der Waals surface area (Å²) in [5, 5.41) is 3.56. The molecule has 0 saturated heterocycles. The van der Waals surface area contributed by atoms with Crippen LogP contribution in [0.2, 0.25) is 0 Å². The van der Waals surface area contributed by atoms with Crippen LogP contribution in [0.15, 0.2) is 0 Å². The number of hydrogen-bond acceptors (Lipinski definition) is 1. The van der Waals surface area contributed by atoms with Gasteiger partial charge in [-0.05, 0) is 62.8 Å². The molecule has 0 radical (unpaired) electrons. The van der Waals surface area contributed by atoms with E-state index in [1.54, 1.807) is 25.7 Å². The van der Waals surface area contributed by atoms with Gasteiger partial charge in [0.05, 0.1) is 0 Å². The summed E-state index contributed by atoms with van der Waals surface area (Å²) in [4.78, 5) is 0. The van der Waals surface area contributed by atoms with Crippen molar-refractivity contribution in [1.82, 2.24) is 5.32 Å². The van der Waals surface area contributed by atoms with Gasteiger partial charge in [-0.25, -0.2) is 0 Å². The van der Waals surface area contributed by atoms with Crippen LogP contribution in [0.1, 0.15) is 32.1 Å². The summed E-state index contributed by atoms with van der Waals surface area (Å²) in [7, 11) is 2.17.